The van der Waals surface area contributed by atoms with Gasteiger partial charge in [0.15, 0.2) is 0 Å². The number of imide groups is 1. The van der Waals surface area contributed by atoms with Crippen LogP contribution in [0.25, 0.3) is 0 Å². The van der Waals surface area contributed by atoms with Crippen LogP contribution in [0.5, 0.6) is 0 Å². The first kappa shape index (κ1) is 11.9. The molecule has 5 heteroatoms. The first-order valence-electron chi connectivity index (χ1n) is 4.64. The van der Waals surface area contributed by atoms with Crippen molar-refractivity contribution in [1.29, 1.82) is 0 Å². The van der Waals surface area contributed by atoms with Crippen molar-refractivity contribution in [2.75, 3.05) is 4.90 Å². The van der Waals surface area contributed by atoms with Gasteiger partial charge < -0.3 is 5.73 Å². The molecule has 0 radical (unpaired) electrons. The third-order valence-electron chi connectivity index (χ3n) is 2.02. The van der Waals surface area contributed by atoms with Gasteiger partial charge in [-0.25, -0.2) is 0 Å². The number of rotatable bonds is 2. The molecule has 5 nitrogen and oxygen atoms in total. The quantitative estimate of drug-likeness (QED) is 0.796. The smallest absolute Gasteiger partial charge is 0.248 e. The number of carbonyl (C=O) groups excluding carboxylic acids is 3. The van der Waals surface area contributed by atoms with Crippen molar-refractivity contribution in [3.8, 4) is 0 Å². The van der Waals surface area contributed by atoms with E-state index in [1.807, 2.05) is 0 Å². The lowest BCUT2D eigenvalue weighted by atomic mass is 10.2. The van der Waals surface area contributed by atoms with Crippen LogP contribution in [0, 0.1) is 0 Å². The summed E-state index contributed by atoms with van der Waals surface area (Å²) >= 11 is 0. The molecule has 0 aliphatic rings. The predicted molar refractivity (Wildman–Crippen MR) is 58.8 cm³/mol. The zero-order valence-corrected chi connectivity index (χ0v) is 9.06. The predicted octanol–water partition coefficient (Wildman–Crippen LogP) is 0.685. The molecule has 0 bridgehead atoms. The van der Waals surface area contributed by atoms with Gasteiger partial charge in [-0.1, -0.05) is 6.07 Å². The van der Waals surface area contributed by atoms with Gasteiger partial charge in [0.05, 0.1) is 5.69 Å². The van der Waals surface area contributed by atoms with Gasteiger partial charge in [-0.05, 0) is 18.2 Å². The molecule has 0 saturated carbocycles. The summed E-state index contributed by atoms with van der Waals surface area (Å²) in [6, 6.07) is 6.05. The largest absolute Gasteiger partial charge is 0.366 e. The normalized spacial score (nSPS) is 9.62. The highest BCUT2D eigenvalue weighted by Crippen LogP contribution is 2.16. The second-order valence-corrected chi connectivity index (χ2v) is 3.29. The Morgan fingerprint density at radius 1 is 1.12 bits per heavy atom. The number of carbonyl (C=O) groups is 3. The van der Waals surface area contributed by atoms with Crippen LogP contribution in [-0.2, 0) is 9.59 Å². The Labute approximate surface area is 92.8 Å². The number of nitrogens with two attached hydrogens (primary N) is 1. The molecule has 0 unspecified atom stereocenters. The first-order valence-corrected chi connectivity index (χ1v) is 4.64. The van der Waals surface area contributed by atoms with Crippen LogP contribution in [0.4, 0.5) is 5.69 Å². The molecule has 0 atom stereocenters. The van der Waals surface area contributed by atoms with Crippen molar-refractivity contribution in [2.45, 2.75) is 13.8 Å². The maximum absolute atomic E-state index is 11.3. The summed E-state index contributed by atoms with van der Waals surface area (Å²) in [7, 11) is 0. The van der Waals surface area contributed by atoms with E-state index in [2.05, 4.69) is 0 Å². The third kappa shape index (κ3) is 2.44. The summed E-state index contributed by atoms with van der Waals surface area (Å²) in [5, 5.41) is 0. The van der Waals surface area contributed by atoms with Gasteiger partial charge in [0.2, 0.25) is 17.7 Å². The number of hydrogen-bond acceptors (Lipinski definition) is 3. The summed E-state index contributed by atoms with van der Waals surface area (Å²) in [5.41, 5.74) is 5.71. The van der Waals surface area contributed by atoms with E-state index >= 15 is 0 Å². The molecule has 16 heavy (non-hydrogen) atoms. The lowest BCUT2D eigenvalue weighted by molar-refractivity contribution is -0.124. The molecular weight excluding hydrogens is 208 g/mol. The Bertz CT molecular complexity index is 440. The van der Waals surface area contributed by atoms with E-state index in [4.69, 9.17) is 5.73 Å². The van der Waals surface area contributed by atoms with E-state index in [0.29, 0.717) is 5.69 Å². The second kappa shape index (κ2) is 4.57. The molecule has 0 saturated heterocycles. The maximum atomic E-state index is 11.3. The fourth-order valence-electron chi connectivity index (χ4n) is 1.38. The molecule has 0 heterocycles. The monoisotopic (exact) mass is 220 g/mol. The molecule has 0 aliphatic carbocycles. The molecule has 3 amide bonds. The number of anilines is 1. The van der Waals surface area contributed by atoms with E-state index in [1.165, 1.54) is 26.0 Å². The van der Waals surface area contributed by atoms with Crippen LogP contribution in [0.15, 0.2) is 24.3 Å². The minimum absolute atomic E-state index is 0.255. The van der Waals surface area contributed by atoms with Crippen LogP contribution < -0.4 is 10.6 Å². The number of benzene rings is 1. The summed E-state index contributed by atoms with van der Waals surface area (Å²) in [5.74, 6) is -1.42. The van der Waals surface area contributed by atoms with Crippen molar-refractivity contribution in [3.63, 3.8) is 0 Å². The van der Waals surface area contributed by atoms with Crippen LogP contribution in [0.3, 0.4) is 0 Å². The highest BCUT2D eigenvalue weighted by molar-refractivity contribution is 6.13. The molecule has 0 spiro atoms. The summed E-state index contributed by atoms with van der Waals surface area (Å²) < 4.78 is 0. The number of primary amides is 1. The average Bonchev–Trinajstić information content (AvgIpc) is 2.16. The minimum atomic E-state index is -0.603. The van der Waals surface area contributed by atoms with E-state index in [9.17, 15) is 14.4 Å². The number of amides is 3. The Kier molecular flexibility index (Phi) is 3.40. The summed E-state index contributed by atoms with van der Waals surface area (Å²) in [6.07, 6.45) is 0. The van der Waals surface area contributed by atoms with E-state index in [1.54, 1.807) is 12.1 Å². The lowest BCUT2D eigenvalue weighted by Crippen LogP contribution is -2.33. The lowest BCUT2D eigenvalue weighted by Gasteiger charge is -2.17. The molecule has 0 aromatic heterocycles. The number of nitrogens with zero attached hydrogens (tertiary/aromatic N) is 1. The summed E-state index contributed by atoms with van der Waals surface area (Å²) in [6.45, 7) is 2.55. The Morgan fingerprint density at radius 2 is 1.69 bits per heavy atom. The zero-order chi connectivity index (χ0) is 12.3. The Morgan fingerprint density at radius 3 is 2.12 bits per heavy atom. The van der Waals surface area contributed by atoms with Crippen LogP contribution in [0.2, 0.25) is 0 Å². The van der Waals surface area contributed by atoms with Crippen molar-refractivity contribution < 1.29 is 14.4 Å². The average molecular weight is 220 g/mol. The van der Waals surface area contributed by atoms with Gasteiger partial charge in [-0.15, -0.1) is 0 Å². The highest BCUT2D eigenvalue weighted by Gasteiger charge is 2.16. The molecule has 1 aromatic carbocycles. The van der Waals surface area contributed by atoms with Crippen LogP contribution in [-0.4, -0.2) is 17.7 Å². The van der Waals surface area contributed by atoms with E-state index < -0.39 is 17.7 Å². The molecule has 84 valence electrons. The third-order valence-corrected chi connectivity index (χ3v) is 2.02. The van der Waals surface area contributed by atoms with Crippen molar-refractivity contribution in [2.24, 2.45) is 5.73 Å². The first-order chi connectivity index (χ1) is 7.43. The minimum Gasteiger partial charge on any atom is -0.366 e. The summed E-state index contributed by atoms with van der Waals surface area (Å²) in [4.78, 5) is 34.4. The van der Waals surface area contributed by atoms with Gasteiger partial charge in [0.25, 0.3) is 0 Å². The molecule has 1 aromatic rings. The molecule has 0 aliphatic heterocycles. The van der Waals surface area contributed by atoms with Gasteiger partial charge in [0.1, 0.15) is 0 Å². The fourth-order valence-corrected chi connectivity index (χ4v) is 1.38. The van der Waals surface area contributed by atoms with E-state index in [-0.39, 0.29) is 5.56 Å². The molecule has 0 fully saturated rings. The maximum Gasteiger partial charge on any atom is 0.248 e. The Hall–Kier alpha value is -2.17. The van der Waals surface area contributed by atoms with Crippen molar-refractivity contribution >= 4 is 23.4 Å². The molecule has 1 rings (SSSR count). The van der Waals surface area contributed by atoms with Crippen molar-refractivity contribution in [3.05, 3.63) is 29.8 Å². The van der Waals surface area contributed by atoms with Crippen LogP contribution in [0.1, 0.15) is 24.2 Å². The number of hydrogen-bond donors (Lipinski definition) is 1. The van der Waals surface area contributed by atoms with Gasteiger partial charge in [-0.2, -0.15) is 0 Å². The standard InChI is InChI=1S/C11H12N2O3/c1-7(14)13(8(2)15)10-5-3-4-9(6-10)11(12)16/h3-6H,1-2H3,(H2,12,16). The SMILES string of the molecule is CC(=O)N(C(C)=O)c1cccc(C(N)=O)c1. The Balaban J connectivity index is 3.20. The topological polar surface area (TPSA) is 80.5 Å². The van der Waals surface area contributed by atoms with Crippen LogP contribution >= 0.6 is 0 Å². The second-order valence-electron chi connectivity index (χ2n) is 3.29. The van der Waals surface area contributed by atoms with Gasteiger partial charge in [0, 0.05) is 19.4 Å². The van der Waals surface area contributed by atoms with Crippen molar-refractivity contribution in [1.82, 2.24) is 0 Å². The highest BCUT2D eigenvalue weighted by atomic mass is 16.2. The van der Waals surface area contributed by atoms with E-state index in [0.717, 1.165) is 4.90 Å². The molecular formula is C11H12N2O3. The van der Waals surface area contributed by atoms with Gasteiger partial charge in [-0.3, -0.25) is 19.3 Å². The zero-order valence-electron chi connectivity index (χ0n) is 9.06. The molecule has 2 N–H and O–H groups in total. The van der Waals surface area contributed by atoms with Gasteiger partial charge >= 0.3 is 0 Å². The fraction of sp³-hybridized carbons (Fsp3) is 0.182.